The zero-order chi connectivity index (χ0) is 16.5. The maximum atomic E-state index is 12.7. The number of piperidine rings is 1. The number of pyridine rings is 1. The van der Waals surface area contributed by atoms with Crippen LogP contribution in [0, 0.1) is 5.92 Å². The van der Waals surface area contributed by atoms with Crippen molar-refractivity contribution >= 4 is 11.8 Å². The lowest BCUT2D eigenvalue weighted by atomic mass is 10.0. The van der Waals surface area contributed by atoms with E-state index < -0.39 is 0 Å². The Labute approximate surface area is 141 Å². The van der Waals surface area contributed by atoms with E-state index >= 15 is 0 Å². The first kappa shape index (κ1) is 15.4. The van der Waals surface area contributed by atoms with E-state index in [1.165, 1.54) is 0 Å². The van der Waals surface area contributed by atoms with E-state index in [-0.39, 0.29) is 23.8 Å². The minimum absolute atomic E-state index is 0.131. The van der Waals surface area contributed by atoms with Crippen molar-refractivity contribution in [3.05, 3.63) is 24.5 Å². The van der Waals surface area contributed by atoms with Crippen molar-refractivity contribution in [2.24, 2.45) is 5.92 Å². The van der Waals surface area contributed by atoms with Crippen LogP contribution >= 0.6 is 0 Å². The fourth-order valence-electron chi connectivity index (χ4n) is 3.70. The number of ether oxygens (including phenoxy) is 1. The molecule has 4 rings (SSSR count). The third-order valence-corrected chi connectivity index (χ3v) is 5.19. The van der Waals surface area contributed by atoms with E-state index in [1.54, 1.807) is 12.4 Å². The number of hydrogen-bond acceptors (Lipinski definition) is 4. The maximum Gasteiger partial charge on any atom is 0.227 e. The highest BCUT2D eigenvalue weighted by atomic mass is 16.5. The van der Waals surface area contributed by atoms with Crippen molar-refractivity contribution in [1.82, 2.24) is 14.8 Å². The van der Waals surface area contributed by atoms with E-state index in [0.717, 1.165) is 31.4 Å². The van der Waals surface area contributed by atoms with Crippen LogP contribution in [0.25, 0.3) is 0 Å². The summed E-state index contributed by atoms with van der Waals surface area (Å²) in [6.07, 6.45) is 7.82. The van der Waals surface area contributed by atoms with Gasteiger partial charge in [-0.05, 0) is 25.0 Å². The topological polar surface area (TPSA) is 62.7 Å². The highest BCUT2D eigenvalue weighted by molar-refractivity contribution is 5.89. The Balaban J connectivity index is 1.28. The van der Waals surface area contributed by atoms with Gasteiger partial charge in [0.15, 0.2) is 0 Å². The molecule has 3 heterocycles. The number of carbonyl (C=O) groups excluding carboxylic acids is 2. The summed E-state index contributed by atoms with van der Waals surface area (Å²) in [5, 5.41) is 0. The summed E-state index contributed by atoms with van der Waals surface area (Å²) in [5.74, 6) is 0.939. The van der Waals surface area contributed by atoms with E-state index in [2.05, 4.69) is 4.98 Å². The zero-order valence-corrected chi connectivity index (χ0v) is 13.8. The number of rotatable bonds is 4. The van der Waals surface area contributed by atoms with Crippen molar-refractivity contribution in [1.29, 1.82) is 0 Å². The summed E-state index contributed by atoms with van der Waals surface area (Å²) in [7, 11) is 0. The second-order valence-corrected chi connectivity index (χ2v) is 7.01. The molecule has 6 nitrogen and oxygen atoms in total. The van der Waals surface area contributed by atoms with E-state index in [1.807, 2.05) is 21.9 Å². The number of likely N-dealkylation sites (tertiary alicyclic amines) is 2. The van der Waals surface area contributed by atoms with Crippen LogP contribution in [0.3, 0.4) is 0 Å². The monoisotopic (exact) mass is 329 g/mol. The molecule has 24 heavy (non-hydrogen) atoms. The Morgan fingerprint density at radius 2 is 2.00 bits per heavy atom. The molecule has 3 fully saturated rings. The lowest BCUT2D eigenvalue weighted by molar-refractivity contribution is -0.137. The molecule has 0 N–H and O–H groups in total. The van der Waals surface area contributed by atoms with Gasteiger partial charge in [0.25, 0.3) is 0 Å². The van der Waals surface area contributed by atoms with Crippen LogP contribution in [0.15, 0.2) is 24.5 Å². The van der Waals surface area contributed by atoms with Gasteiger partial charge in [0.1, 0.15) is 11.9 Å². The van der Waals surface area contributed by atoms with Gasteiger partial charge in [-0.15, -0.1) is 0 Å². The molecule has 3 aliphatic rings. The third-order valence-electron chi connectivity index (χ3n) is 5.19. The Bertz CT molecular complexity index is 609. The van der Waals surface area contributed by atoms with Gasteiger partial charge >= 0.3 is 0 Å². The van der Waals surface area contributed by atoms with Gasteiger partial charge in [-0.2, -0.15) is 0 Å². The Hall–Kier alpha value is -2.11. The molecular weight excluding hydrogens is 306 g/mol. The molecule has 0 bridgehead atoms. The predicted molar refractivity (Wildman–Crippen MR) is 87.3 cm³/mol. The third kappa shape index (κ3) is 3.23. The summed E-state index contributed by atoms with van der Waals surface area (Å²) in [5.41, 5.74) is 0. The van der Waals surface area contributed by atoms with Crippen molar-refractivity contribution in [3.63, 3.8) is 0 Å². The number of amides is 2. The summed E-state index contributed by atoms with van der Waals surface area (Å²) >= 11 is 0. The summed E-state index contributed by atoms with van der Waals surface area (Å²) in [6, 6.07) is 4.17. The molecule has 1 atom stereocenters. The van der Waals surface area contributed by atoms with E-state index in [4.69, 9.17) is 4.74 Å². The molecule has 1 aliphatic carbocycles. The van der Waals surface area contributed by atoms with Gasteiger partial charge < -0.3 is 14.5 Å². The first-order valence-corrected chi connectivity index (χ1v) is 8.85. The lowest BCUT2D eigenvalue weighted by Gasteiger charge is -2.33. The smallest absolute Gasteiger partial charge is 0.227 e. The molecule has 1 aromatic rings. The molecule has 6 heteroatoms. The van der Waals surface area contributed by atoms with Crippen LogP contribution in [0.5, 0.6) is 5.75 Å². The van der Waals surface area contributed by atoms with Crippen LogP contribution in [0.1, 0.15) is 32.1 Å². The molecule has 0 aromatic carbocycles. The molecule has 0 radical (unpaired) electrons. The molecule has 1 saturated carbocycles. The first-order chi connectivity index (χ1) is 11.7. The van der Waals surface area contributed by atoms with Gasteiger partial charge in [-0.3, -0.25) is 14.6 Å². The highest BCUT2D eigenvalue weighted by Crippen LogP contribution is 2.33. The Morgan fingerprint density at radius 1 is 1.21 bits per heavy atom. The number of carbonyl (C=O) groups is 2. The minimum atomic E-state index is -0.145. The Morgan fingerprint density at radius 3 is 2.67 bits per heavy atom. The molecule has 2 amide bonds. The van der Waals surface area contributed by atoms with Crippen LogP contribution in [-0.2, 0) is 9.59 Å². The standard InChI is InChI=1S/C18H23N3O3/c22-17-10-13(12-21(17)14-3-4-14)18(23)20-8-5-15(6-9-20)24-16-2-1-7-19-11-16/h1-2,7,11,13-15H,3-6,8-10,12H2/t13-/m1/s1. The van der Waals surface area contributed by atoms with Crippen LogP contribution in [0.2, 0.25) is 0 Å². The minimum Gasteiger partial charge on any atom is -0.489 e. The lowest BCUT2D eigenvalue weighted by Crippen LogP contribution is -2.45. The first-order valence-electron chi connectivity index (χ1n) is 8.85. The molecule has 128 valence electrons. The van der Waals surface area contributed by atoms with Crippen LogP contribution < -0.4 is 4.74 Å². The number of hydrogen-bond donors (Lipinski definition) is 0. The molecule has 2 aliphatic heterocycles. The molecule has 0 unspecified atom stereocenters. The highest BCUT2D eigenvalue weighted by Gasteiger charge is 2.43. The van der Waals surface area contributed by atoms with E-state index in [9.17, 15) is 9.59 Å². The van der Waals surface area contributed by atoms with Crippen LogP contribution in [0.4, 0.5) is 0 Å². The number of aromatic nitrogens is 1. The fourth-order valence-corrected chi connectivity index (χ4v) is 3.70. The summed E-state index contributed by atoms with van der Waals surface area (Å²) in [6.45, 7) is 2.03. The van der Waals surface area contributed by atoms with Crippen molar-refractivity contribution in [2.45, 2.75) is 44.2 Å². The molecular formula is C18H23N3O3. The number of nitrogens with zero attached hydrogens (tertiary/aromatic N) is 3. The van der Waals surface area contributed by atoms with Crippen LogP contribution in [-0.4, -0.2) is 58.4 Å². The van der Waals surface area contributed by atoms with E-state index in [0.29, 0.717) is 32.1 Å². The molecule has 2 saturated heterocycles. The summed E-state index contributed by atoms with van der Waals surface area (Å²) in [4.78, 5) is 32.6. The average Bonchev–Trinajstić information content (AvgIpc) is 3.38. The van der Waals surface area contributed by atoms with Crippen molar-refractivity contribution in [2.75, 3.05) is 19.6 Å². The average molecular weight is 329 g/mol. The molecule has 1 aromatic heterocycles. The maximum absolute atomic E-state index is 12.7. The second-order valence-electron chi connectivity index (χ2n) is 7.01. The largest absolute Gasteiger partial charge is 0.489 e. The SMILES string of the molecule is O=C([C@@H]1CC(=O)N(C2CC2)C1)N1CCC(Oc2cccnc2)CC1. The quantitative estimate of drug-likeness (QED) is 0.839. The van der Waals surface area contributed by atoms with Gasteiger partial charge in [-0.25, -0.2) is 0 Å². The van der Waals surface area contributed by atoms with Gasteiger partial charge in [0.2, 0.25) is 11.8 Å². The second kappa shape index (κ2) is 6.42. The normalized spacial score (nSPS) is 25.2. The molecule has 0 spiro atoms. The zero-order valence-electron chi connectivity index (χ0n) is 13.8. The van der Waals surface area contributed by atoms with Crippen molar-refractivity contribution < 1.29 is 14.3 Å². The van der Waals surface area contributed by atoms with Gasteiger partial charge in [0, 0.05) is 51.1 Å². The fraction of sp³-hybridized carbons (Fsp3) is 0.611. The predicted octanol–water partition coefficient (Wildman–Crippen LogP) is 1.46. The van der Waals surface area contributed by atoms with Crippen molar-refractivity contribution in [3.8, 4) is 5.75 Å². The Kier molecular flexibility index (Phi) is 4.12. The van der Waals surface area contributed by atoms with Gasteiger partial charge in [-0.1, -0.05) is 0 Å². The van der Waals surface area contributed by atoms with Gasteiger partial charge in [0.05, 0.1) is 12.1 Å². The summed E-state index contributed by atoms with van der Waals surface area (Å²) < 4.78 is 5.92.